The van der Waals surface area contributed by atoms with Crippen molar-refractivity contribution in [3.8, 4) is 5.75 Å². The van der Waals surface area contributed by atoms with Crippen LogP contribution in [-0.2, 0) is 4.74 Å². The molecule has 3 nitrogen and oxygen atoms in total. The molecule has 0 radical (unpaired) electrons. The van der Waals surface area contributed by atoms with Crippen molar-refractivity contribution in [1.82, 2.24) is 0 Å². The molecule has 0 aliphatic heterocycles. The Hall–Kier alpha value is -0.870. The predicted octanol–water partition coefficient (Wildman–Crippen LogP) is 1.94. The van der Waals surface area contributed by atoms with E-state index in [9.17, 15) is 9.90 Å². The second-order valence-corrected chi connectivity index (χ2v) is 3.26. The summed E-state index contributed by atoms with van der Waals surface area (Å²) < 4.78 is 4.78. The molecule has 4 heteroatoms. The summed E-state index contributed by atoms with van der Waals surface area (Å²) in [5.41, 5.74) is 0.256. The number of Topliss-reactive ketones (excluding diaryl/α,β-unsaturated/α-hetero) is 1. The number of alkyl halides is 1. The zero-order valence-corrected chi connectivity index (χ0v) is 8.61. The maximum atomic E-state index is 11.5. The fraction of sp³-hybridized carbons (Fsp3) is 0.222. The third kappa shape index (κ3) is 2.29. The lowest BCUT2D eigenvalue weighted by Crippen LogP contribution is -2.15. The van der Waals surface area contributed by atoms with Crippen molar-refractivity contribution in [3.63, 3.8) is 0 Å². The number of para-hydroxylation sites is 1. The first-order valence-electron chi connectivity index (χ1n) is 3.66. The van der Waals surface area contributed by atoms with E-state index >= 15 is 0 Å². The standard InChI is InChI=1S/C9H9BrO3/c1-13-9(10)8(12)6-4-2-3-5-7(6)11/h2-5,9,11H,1H3. The molecule has 70 valence electrons. The lowest BCUT2D eigenvalue weighted by molar-refractivity contribution is 0.0802. The number of hydrogen-bond donors (Lipinski definition) is 1. The lowest BCUT2D eigenvalue weighted by Gasteiger charge is -2.07. The quantitative estimate of drug-likeness (QED) is 0.653. The number of methoxy groups -OCH3 is 1. The van der Waals surface area contributed by atoms with Gasteiger partial charge in [0.05, 0.1) is 5.56 Å². The molecule has 0 aliphatic carbocycles. The molecule has 0 amide bonds. The molecular weight excluding hydrogens is 236 g/mol. The lowest BCUT2D eigenvalue weighted by atomic mass is 10.1. The number of ether oxygens (including phenoxy) is 1. The zero-order chi connectivity index (χ0) is 9.84. The Morgan fingerprint density at radius 3 is 2.69 bits per heavy atom. The Kier molecular flexibility index (Phi) is 3.45. The van der Waals surface area contributed by atoms with Crippen molar-refractivity contribution in [2.75, 3.05) is 7.11 Å². The van der Waals surface area contributed by atoms with Gasteiger partial charge in [0.15, 0.2) is 5.01 Å². The number of carbonyl (C=O) groups is 1. The monoisotopic (exact) mass is 244 g/mol. The first-order chi connectivity index (χ1) is 6.16. The number of phenols is 1. The van der Waals surface area contributed by atoms with Gasteiger partial charge in [-0.05, 0) is 28.1 Å². The number of aromatic hydroxyl groups is 1. The molecule has 1 aromatic carbocycles. The number of halogens is 1. The molecule has 1 rings (SSSR count). The largest absolute Gasteiger partial charge is 0.507 e. The van der Waals surface area contributed by atoms with Crippen LogP contribution in [0.4, 0.5) is 0 Å². The molecule has 1 unspecified atom stereocenters. The number of phenolic OH excluding ortho intramolecular Hbond substituents is 1. The Bertz CT molecular complexity index is 311. The van der Waals surface area contributed by atoms with Crippen LogP contribution in [0.25, 0.3) is 0 Å². The van der Waals surface area contributed by atoms with Gasteiger partial charge in [-0.3, -0.25) is 4.79 Å². The van der Waals surface area contributed by atoms with Gasteiger partial charge in [0.25, 0.3) is 0 Å². The SMILES string of the molecule is COC(Br)C(=O)c1ccccc1O. The highest BCUT2D eigenvalue weighted by atomic mass is 79.9. The fourth-order valence-electron chi connectivity index (χ4n) is 0.911. The van der Waals surface area contributed by atoms with Crippen LogP contribution in [-0.4, -0.2) is 23.0 Å². The normalized spacial score (nSPS) is 12.5. The van der Waals surface area contributed by atoms with Crippen molar-refractivity contribution in [1.29, 1.82) is 0 Å². The highest BCUT2D eigenvalue weighted by molar-refractivity contribution is 9.09. The average Bonchev–Trinajstić information content (AvgIpc) is 2.16. The number of ketones is 1. The number of carbonyl (C=O) groups excluding carboxylic acids is 1. The van der Waals surface area contributed by atoms with Gasteiger partial charge in [0.1, 0.15) is 5.75 Å². The van der Waals surface area contributed by atoms with Crippen molar-refractivity contribution in [3.05, 3.63) is 29.8 Å². The van der Waals surface area contributed by atoms with Crippen LogP contribution in [0.1, 0.15) is 10.4 Å². The zero-order valence-electron chi connectivity index (χ0n) is 7.03. The molecule has 0 heterocycles. The van der Waals surface area contributed by atoms with E-state index in [1.807, 2.05) is 0 Å². The summed E-state index contributed by atoms with van der Waals surface area (Å²) in [6.07, 6.45) is 0. The molecule has 0 saturated carbocycles. The van der Waals surface area contributed by atoms with Crippen molar-refractivity contribution in [2.45, 2.75) is 5.01 Å². The van der Waals surface area contributed by atoms with E-state index in [4.69, 9.17) is 4.74 Å². The molecule has 0 fully saturated rings. The van der Waals surface area contributed by atoms with Gasteiger partial charge in [0, 0.05) is 7.11 Å². The average molecular weight is 245 g/mol. The minimum absolute atomic E-state index is 0.0333. The van der Waals surface area contributed by atoms with E-state index in [1.54, 1.807) is 18.2 Å². The maximum Gasteiger partial charge on any atom is 0.206 e. The van der Waals surface area contributed by atoms with Crippen LogP contribution in [0.15, 0.2) is 24.3 Å². The van der Waals surface area contributed by atoms with E-state index in [0.29, 0.717) is 0 Å². The molecule has 0 spiro atoms. The summed E-state index contributed by atoms with van der Waals surface area (Å²) in [6.45, 7) is 0. The number of rotatable bonds is 3. The van der Waals surface area contributed by atoms with E-state index in [1.165, 1.54) is 13.2 Å². The van der Waals surface area contributed by atoms with E-state index in [-0.39, 0.29) is 17.1 Å². The number of hydrogen-bond acceptors (Lipinski definition) is 3. The van der Waals surface area contributed by atoms with Gasteiger partial charge < -0.3 is 9.84 Å². The summed E-state index contributed by atoms with van der Waals surface area (Å²) in [5, 5.41) is 8.62. The third-order valence-electron chi connectivity index (χ3n) is 1.58. The maximum absolute atomic E-state index is 11.5. The second kappa shape index (κ2) is 4.39. The fourth-order valence-corrected chi connectivity index (χ4v) is 1.16. The summed E-state index contributed by atoms with van der Waals surface area (Å²) in [6, 6.07) is 6.35. The molecule has 1 N–H and O–H groups in total. The van der Waals surface area contributed by atoms with Gasteiger partial charge in [-0.1, -0.05) is 12.1 Å². The van der Waals surface area contributed by atoms with Crippen LogP contribution in [0.3, 0.4) is 0 Å². The topological polar surface area (TPSA) is 46.5 Å². The highest BCUT2D eigenvalue weighted by Crippen LogP contribution is 2.20. The Morgan fingerprint density at radius 1 is 1.54 bits per heavy atom. The van der Waals surface area contributed by atoms with Crippen LogP contribution in [0, 0.1) is 0 Å². The minimum Gasteiger partial charge on any atom is -0.507 e. The predicted molar refractivity (Wildman–Crippen MR) is 52.2 cm³/mol. The Morgan fingerprint density at radius 2 is 2.15 bits per heavy atom. The van der Waals surface area contributed by atoms with Crippen LogP contribution < -0.4 is 0 Å². The molecule has 0 aromatic heterocycles. The van der Waals surface area contributed by atoms with Crippen molar-refractivity contribution >= 4 is 21.7 Å². The van der Waals surface area contributed by atoms with Gasteiger partial charge in [-0.25, -0.2) is 0 Å². The van der Waals surface area contributed by atoms with E-state index in [0.717, 1.165) is 0 Å². The number of benzene rings is 1. The van der Waals surface area contributed by atoms with Crippen LogP contribution in [0.2, 0.25) is 0 Å². The van der Waals surface area contributed by atoms with E-state index < -0.39 is 5.01 Å². The van der Waals surface area contributed by atoms with Gasteiger partial charge in [0.2, 0.25) is 5.78 Å². The first-order valence-corrected chi connectivity index (χ1v) is 4.57. The molecule has 1 aromatic rings. The first kappa shape index (κ1) is 10.2. The van der Waals surface area contributed by atoms with Gasteiger partial charge >= 0.3 is 0 Å². The minimum atomic E-state index is -0.708. The molecule has 0 bridgehead atoms. The van der Waals surface area contributed by atoms with Crippen molar-refractivity contribution in [2.24, 2.45) is 0 Å². The van der Waals surface area contributed by atoms with Gasteiger partial charge in [-0.2, -0.15) is 0 Å². The Labute approximate surface area is 84.5 Å². The molecule has 0 saturated heterocycles. The van der Waals surface area contributed by atoms with Crippen molar-refractivity contribution < 1.29 is 14.6 Å². The summed E-state index contributed by atoms with van der Waals surface area (Å²) in [4.78, 5) is 11.5. The van der Waals surface area contributed by atoms with Crippen LogP contribution >= 0.6 is 15.9 Å². The summed E-state index contributed by atoms with van der Waals surface area (Å²) in [7, 11) is 1.41. The third-order valence-corrected chi connectivity index (χ3v) is 2.37. The van der Waals surface area contributed by atoms with Gasteiger partial charge in [-0.15, -0.1) is 0 Å². The smallest absolute Gasteiger partial charge is 0.206 e. The highest BCUT2D eigenvalue weighted by Gasteiger charge is 2.18. The molecule has 0 aliphatic rings. The van der Waals surface area contributed by atoms with E-state index in [2.05, 4.69) is 15.9 Å². The molecular formula is C9H9BrO3. The van der Waals surface area contributed by atoms with Crippen LogP contribution in [0.5, 0.6) is 5.75 Å². The molecule has 13 heavy (non-hydrogen) atoms. The summed E-state index contributed by atoms with van der Waals surface area (Å²) >= 11 is 3.03. The second-order valence-electron chi connectivity index (χ2n) is 2.43. The summed E-state index contributed by atoms with van der Waals surface area (Å²) in [5.74, 6) is -0.324. The molecule has 1 atom stereocenters. The Balaban J connectivity index is 2.95.